The van der Waals surface area contributed by atoms with Crippen molar-refractivity contribution >= 4 is 15.9 Å². The minimum Gasteiger partial charge on any atom is -0.483 e. The molecular formula is C14H17BrFN3O. The molecule has 1 heterocycles. The molecule has 0 saturated heterocycles. The number of ether oxygens (including phenoxy) is 1. The van der Waals surface area contributed by atoms with Crippen LogP contribution in [0.25, 0.3) is 0 Å². The molecule has 2 unspecified atom stereocenters. The van der Waals surface area contributed by atoms with Gasteiger partial charge in [0.2, 0.25) is 0 Å². The van der Waals surface area contributed by atoms with E-state index in [1.165, 1.54) is 12.1 Å². The molecular weight excluding hydrogens is 325 g/mol. The topological polar surface area (TPSA) is 53.1 Å². The first kappa shape index (κ1) is 15.0. The Balaban J connectivity index is 2.30. The first-order valence-corrected chi connectivity index (χ1v) is 7.16. The molecule has 4 nitrogen and oxygen atoms in total. The van der Waals surface area contributed by atoms with Gasteiger partial charge in [-0.3, -0.25) is 4.68 Å². The summed E-state index contributed by atoms with van der Waals surface area (Å²) >= 11 is 3.35. The van der Waals surface area contributed by atoms with Crippen LogP contribution in [0.15, 0.2) is 35.1 Å². The SMILES string of the molecule is CCC(N)C(Oc1cc(F)ccc1Br)c1cnn(C)c1. The Bertz CT molecular complexity index is 588. The summed E-state index contributed by atoms with van der Waals surface area (Å²) in [5, 5.41) is 4.13. The van der Waals surface area contributed by atoms with Crippen molar-refractivity contribution in [2.45, 2.75) is 25.5 Å². The van der Waals surface area contributed by atoms with Crippen LogP contribution in [0.5, 0.6) is 5.75 Å². The van der Waals surface area contributed by atoms with E-state index in [1.54, 1.807) is 16.9 Å². The number of hydrogen-bond acceptors (Lipinski definition) is 3. The molecule has 108 valence electrons. The Labute approximate surface area is 125 Å². The monoisotopic (exact) mass is 341 g/mol. The van der Waals surface area contributed by atoms with Crippen molar-refractivity contribution in [3.8, 4) is 5.75 Å². The van der Waals surface area contributed by atoms with Gasteiger partial charge in [-0.25, -0.2) is 4.39 Å². The highest BCUT2D eigenvalue weighted by atomic mass is 79.9. The molecule has 0 radical (unpaired) electrons. The molecule has 20 heavy (non-hydrogen) atoms. The average molecular weight is 342 g/mol. The van der Waals surface area contributed by atoms with Crippen LogP contribution in [-0.2, 0) is 7.05 Å². The van der Waals surface area contributed by atoms with E-state index in [0.29, 0.717) is 10.2 Å². The molecule has 0 saturated carbocycles. The zero-order chi connectivity index (χ0) is 14.7. The van der Waals surface area contributed by atoms with Crippen LogP contribution in [0.2, 0.25) is 0 Å². The van der Waals surface area contributed by atoms with Gasteiger partial charge in [0.25, 0.3) is 0 Å². The highest BCUT2D eigenvalue weighted by molar-refractivity contribution is 9.10. The lowest BCUT2D eigenvalue weighted by molar-refractivity contribution is 0.169. The number of aromatic nitrogens is 2. The molecule has 0 aliphatic carbocycles. The van der Waals surface area contributed by atoms with E-state index in [-0.39, 0.29) is 18.0 Å². The third-order valence-electron chi connectivity index (χ3n) is 3.06. The number of halogens is 2. The Morgan fingerprint density at radius 1 is 1.50 bits per heavy atom. The fourth-order valence-corrected chi connectivity index (χ4v) is 2.25. The quantitative estimate of drug-likeness (QED) is 0.908. The molecule has 1 aromatic carbocycles. The van der Waals surface area contributed by atoms with E-state index in [4.69, 9.17) is 10.5 Å². The van der Waals surface area contributed by atoms with Crippen LogP contribution >= 0.6 is 15.9 Å². The van der Waals surface area contributed by atoms with Gasteiger partial charge in [0, 0.05) is 30.9 Å². The van der Waals surface area contributed by atoms with Crippen LogP contribution in [0.1, 0.15) is 25.0 Å². The fraction of sp³-hybridized carbons (Fsp3) is 0.357. The van der Waals surface area contributed by atoms with Gasteiger partial charge >= 0.3 is 0 Å². The molecule has 6 heteroatoms. The molecule has 0 aliphatic heterocycles. The molecule has 2 atom stereocenters. The second kappa shape index (κ2) is 6.37. The molecule has 0 fully saturated rings. The van der Waals surface area contributed by atoms with E-state index in [1.807, 2.05) is 20.2 Å². The molecule has 1 aromatic heterocycles. The van der Waals surface area contributed by atoms with E-state index in [9.17, 15) is 4.39 Å². The minimum atomic E-state index is -0.369. The third-order valence-corrected chi connectivity index (χ3v) is 3.72. The normalized spacial score (nSPS) is 14.1. The van der Waals surface area contributed by atoms with Gasteiger partial charge in [-0.15, -0.1) is 0 Å². The van der Waals surface area contributed by atoms with Crippen molar-refractivity contribution in [2.24, 2.45) is 12.8 Å². The van der Waals surface area contributed by atoms with Gasteiger partial charge in [-0.05, 0) is 34.5 Å². The first-order valence-electron chi connectivity index (χ1n) is 6.37. The Hall–Kier alpha value is -1.40. The summed E-state index contributed by atoms with van der Waals surface area (Å²) in [7, 11) is 1.83. The summed E-state index contributed by atoms with van der Waals surface area (Å²) in [6.07, 6.45) is 3.94. The third kappa shape index (κ3) is 3.37. The van der Waals surface area contributed by atoms with Crippen LogP contribution in [-0.4, -0.2) is 15.8 Å². The van der Waals surface area contributed by atoms with Gasteiger partial charge in [-0.2, -0.15) is 5.10 Å². The lowest BCUT2D eigenvalue weighted by atomic mass is 10.0. The van der Waals surface area contributed by atoms with E-state index >= 15 is 0 Å². The van der Waals surface area contributed by atoms with Gasteiger partial charge in [0.05, 0.1) is 10.7 Å². The van der Waals surface area contributed by atoms with Crippen molar-refractivity contribution in [3.63, 3.8) is 0 Å². The maximum atomic E-state index is 13.3. The number of rotatable bonds is 5. The summed E-state index contributed by atoms with van der Waals surface area (Å²) in [5.41, 5.74) is 7.00. The number of benzene rings is 1. The lowest BCUT2D eigenvalue weighted by Gasteiger charge is -2.24. The predicted molar refractivity (Wildman–Crippen MR) is 78.9 cm³/mol. The Morgan fingerprint density at radius 2 is 2.25 bits per heavy atom. The molecule has 0 bridgehead atoms. The van der Waals surface area contributed by atoms with Crippen LogP contribution < -0.4 is 10.5 Å². The molecule has 2 aromatic rings. The van der Waals surface area contributed by atoms with Crippen molar-refractivity contribution < 1.29 is 9.13 Å². The number of aryl methyl sites for hydroxylation is 1. The molecule has 2 rings (SSSR count). The minimum absolute atomic E-state index is 0.200. The molecule has 0 amide bonds. The smallest absolute Gasteiger partial charge is 0.142 e. The van der Waals surface area contributed by atoms with E-state index in [2.05, 4.69) is 21.0 Å². The van der Waals surface area contributed by atoms with Crippen LogP contribution in [0, 0.1) is 5.82 Å². The summed E-state index contributed by atoms with van der Waals surface area (Å²) in [6.45, 7) is 1.98. The summed E-state index contributed by atoms with van der Waals surface area (Å²) in [6, 6.07) is 4.13. The molecule has 0 aliphatic rings. The van der Waals surface area contributed by atoms with Crippen LogP contribution in [0.4, 0.5) is 4.39 Å². The summed E-state index contributed by atoms with van der Waals surface area (Å²) in [5.74, 6) is 0.0842. The van der Waals surface area contributed by atoms with Crippen molar-refractivity contribution in [1.82, 2.24) is 9.78 Å². The maximum Gasteiger partial charge on any atom is 0.142 e. The average Bonchev–Trinajstić information content (AvgIpc) is 2.85. The van der Waals surface area contributed by atoms with Gasteiger partial charge in [-0.1, -0.05) is 6.92 Å². The Kier molecular flexibility index (Phi) is 4.77. The van der Waals surface area contributed by atoms with Gasteiger partial charge in [0.15, 0.2) is 0 Å². The van der Waals surface area contributed by atoms with Crippen LogP contribution in [0.3, 0.4) is 0 Å². The Morgan fingerprint density at radius 3 is 2.85 bits per heavy atom. The number of nitrogens with zero attached hydrogens (tertiary/aromatic N) is 2. The zero-order valence-electron chi connectivity index (χ0n) is 11.4. The highest BCUT2D eigenvalue weighted by Gasteiger charge is 2.23. The van der Waals surface area contributed by atoms with Gasteiger partial charge in [0.1, 0.15) is 17.7 Å². The zero-order valence-corrected chi connectivity index (χ0v) is 13.0. The summed E-state index contributed by atoms with van der Waals surface area (Å²) < 4.78 is 21.6. The lowest BCUT2D eigenvalue weighted by Crippen LogP contribution is -2.31. The second-order valence-electron chi connectivity index (χ2n) is 4.63. The fourth-order valence-electron chi connectivity index (χ4n) is 1.91. The maximum absolute atomic E-state index is 13.3. The standard InChI is InChI=1S/C14H17BrFN3O/c1-3-12(17)14(9-7-18-19(2)8-9)20-13-6-10(16)4-5-11(13)15/h4-8,12,14H,3,17H2,1-2H3. The van der Waals surface area contributed by atoms with E-state index < -0.39 is 0 Å². The van der Waals surface area contributed by atoms with Crippen molar-refractivity contribution in [1.29, 1.82) is 0 Å². The van der Waals surface area contributed by atoms with Crippen molar-refractivity contribution in [2.75, 3.05) is 0 Å². The first-order chi connectivity index (χ1) is 9.51. The molecule has 0 spiro atoms. The second-order valence-corrected chi connectivity index (χ2v) is 5.49. The van der Waals surface area contributed by atoms with Gasteiger partial charge < -0.3 is 10.5 Å². The predicted octanol–water partition coefficient (Wildman–Crippen LogP) is 3.18. The van der Waals surface area contributed by atoms with E-state index in [0.717, 1.165) is 12.0 Å². The number of nitrogens with two attached hydrogens (primary N) is 1. The molecule has 2 N–H and O–H groups in total. The van der Waals surface area contributed by atoms with Crippen molar-refractivity contribution in [3.05, 3.63) is 46.4 Å². The summed E-state index contributed by atoms with van der Waals surface area (Å²) in [4.78, 5) is 0. The highest BCUT2D eigenvalue weighted by Crippen LogP contribution is 2.31. The number of hydrogen-bond donors (Lipinski definition) is 1. The largest absolute Gasteiger partial charge is 0.483 e.